The van der Waals surface area contributed by atoms with Crippen LogP contribution in [0.5, 0.6) is 11.5 Å². The largest absolute Gasteiger partial charge is 0.457 e. The Hall–Kier alpha value is -2.38. The molecule has 0 heterocycles. The zero-order chi connectivity index (χ0) is 16.4. The fraction of sp³-hybridized carbons (Fsp3) is 0.188. The van der Waals surface area contributed by atoms with Crippen LogP contribution in [0.15, 0.2) is 53.4 Å². The number of sulfonamides is 1. The number of hydrogen-bond acceptors (Lipinski definition) is 4. The molecule has 3 N–H and O–H groups in total. The van der Waals surface area contributed by atoms with Gasteiger partial charge in [0.25, 0.3) is 0 Å². The molecule has 6 nitrogen and oxygen atoms in total. The summed E-state index contributed by atoms with van der Waals surface area (Å²) in [5, 5.41) is 7.88. The predicted molar refractivity (Wildman–Crippen MR) is 85.7 cm³/mol. The summed E-state index contributed by atoms with van der Waals surface area (Å²) in [6.45, 7) is 0. The highest BCUT2D eigenvalue weighted by Crippen LogP contribution is 2.30. The van der Waals surface area contributed by atoms with Crippen LogP contribution >= 0.6 is 0 Å². The highest BCUT2D eigenvalue weighted by atomic mass is 32.2. The van der Waals surface area contributed by atoms with E-state index in [1.54, 1.807) is 24.3 Å². The van der Waals surface area contributed by atoms with Crippen molar-refractivity contribution in [3.05, 3.63) is 48.5 Å². The normalized spacial score (nSPS) is 14.3. The van der Waals surface area contributed by atoms with E-state index in [1.165, 1.54) is 24.3 Å². The number of primary sulfonamides is 1. The molecule has 0 saturated heterocycles. The molecule has 120 valence electrons. The van der Waals surface area contributed by atoms with Gasteiger partial charge in [0.2, 0.25) is 15.9 Å². The van der Waals surface area contributed by atoms with Crippen molar-refractivity contribution in [2.45, 2.75) is 17.7 Å². The lowest BCUT2D eigenvalue weighted by atomic mass is 10.3. The van der Waals surface area contributed by atoms with E-state index in [-0.39, 0.29) is 16.7 Å². The molecule has 3 rings (SSSR count). The van der Waals surface area contributed by atoms with E-state index in [0.29, 0.717) is 11.5 Å². The molecule has 0 aromatic heterocycles. The van der Waals surface area contributed by atoms with Crippen LogP contribution in [0.3, 0.4) is 0 Å². The van der Waals surface area contributed by atoms with Crippen molar-refractivity contribution in [2.75, 3.05) is 5.32 Å². The summed E-state index contributed by atoms with van der Waals surface area (Å²) in [6, 6.07) is 12.8. The Kier molecular flexibility index (Phi) is 4.06. The van der Waals surface area contributed by atoms with E-state index < -0.39 is 10.0 Å². The number of amides is 1. The molecule has 1 aliphatic carbocycles. The van der Waals surface area contributed by atoms with Gasteiger partial charge in [-0.2, -0.15) is 0 Å². The summed E-state index contributed by atoms with van der Waals surface area (Å²) in [6.07, 6.45) is 1.92. The van der Waals surface area contributed by atoms with E-state index >= 15 is 0 Å². The molecule has 2 aromatic carbocycles. The average Bonchev–Trinajstić information content (AvgIpc) is 3.34. The number of rotatable bonds is 5. The smallest absolute Gasteiger partial charge is 0.238 e. The zero-order valence-corrected chi connectivity index (χ0v) is 13.0. The topological polar surface area (TPSA) is 98.5 Å². The van der Waals surface area contributed by atoms with Crippen LogP contribution in [-0.4, -0.2) is 14.3 Å². The van der Waals surface area contributed by atoms with Gasteiger partial charge in [-0.05, 0) is 61.4 Å². The molecule has 0 unspecified atom stereocenters. The zero-order valence-electron chi connectivity index (χ0n) is 12.2. The molecule has 7 heteroatoms. The van der Waals surface area contributed by atoms with Gasteiger partial charge in [-0.3, -0.25) is 4.79 Å². The van der Waals surface area contributed by atoms with Crippen molar-refractivity contribution in [1.29, 1.82) is 0 Å². The molecule has 0 aliphatic heterocycles. The van der Waals surface area contributed by atoms with Gasteiger partial charge in [-0.25, -0.2) is 13.6 Å². The molecule has 0 radical (unpaired) electrons. The number of benzene rings is 2. The molecule has 0 bridgehead atoms. The van der Waals surface area contributed by atoms with Gasteiger partial charge in [0, 0.05) is 11.6 Å². The van der Waals surface area contributed by atoms with E-state index in [4.69, 9.17) is 9.88 Å². The van der Waals surface area contributed by atoms with E-state index in [9.17, 15) is 13.2 Å². The fourth-order valence-corrected chi connectivity index (χ4v) is 2.55. The number of carbonyl (C=O) groups excluding carboxylic acids is 1. The maximum atomic E-state index is 11.7. The van der Waals surface area contributed by atoms with Crippen LogP contribution in [0.1, 0.15) is 12.8 Å². The third kappa shape index (κ3) is 4.08. The molecule has 1 aliphatic rings. The first-order valence-corrected chi connectivity index (χ1v) is 8.68. The first kappa shape index (κ1) is 15.5. The minimum absolute atomic E-state index is 0.0305. The summed E-state index contributed by atoms with van der Waals surface area (Å²) in [5.41, 5.74) is 0.721. The molecule has 1 amide bonds. The minimum atomic E-state index is -3.71. The van der Waals surface area contributed by atoms with E-state index in [0.717, 1.165) is 18.5 Å². The SMILES string of the molecule is NS(=O)(=O)c1ccc(Oc2ccc(NC(=O)C3CC3)cc2)cc1. The van der Waals surface area contributed by atoms with Crippen molar-refractivity contribution in [2.24, 2.45) is 11.1 Å². The summed E-state index contributed by atoms with van der Waals surface area (Å²) in [5.74, 6) is 1.28. The van der Waals surface area contributed by atoms with Crippen LogP contribution in [0, 0.1) is 5.92 Å². The number of anilines is 1. The molecule has 1 fully saturated rings. The molecule has 23 heavy (non-hydrogen) atoms. The average molecular weight is 332 g/mol. The van der Waals surface area contributed by atoms with Crippen LogP contribution in [-0.2, 0) is 14.8 Å². The lowest BCUT2D eigenvalue weighted by molar-refractivity contribution is -0.117. The summed E-state index contributed by atoms with van der Waals surface area (Å²) >= 11 is 0. The van der Waals surface area contributed by atoms with Gasteiger partial charge in [0.05, 0.1) is 4.90 Å². The quantitative estimate of drug-likeness (QED) is 0.878. The second-order valence-electron chi connectivity index (χ2n) is 5.41. The van der Waals surface area contributed by atoms with Crippen molar-refractivity contribution in [3.63, 3.8) is 0 Å². The van der Waals surface area contributed by atoms with Crippen molar-refractivity contribution in [1.82, 2.24) is 0 Å². The Morgan fingerprint density at radius 3 is 2.00 bits per heavy atom. The standard InChI is InChI=1S/C16H16N2O4S/c17-23(20,21)15-9-7-14(8-10-15)22-13-5-3-12(4-6-13)18-16(19)11-1-2-11/h3-11H,1-2H2,(H,18,19)(H2,17,20,21). The fourth-order valence-electron chi connectivity index (χ4n) is 2.03. The summed E-state index contributed by atoms with van der Waals surface area (Å²) < 4.78 is 28.0. The maximum Gasteiger partial charge on any atom is 0.238 e. The highest BCUT2D eigenvalue weighted by Gasteiger charge is 2.29. The second kappa shape index (κ2) is 6.02. The Balaban J connectivity index is 1.64. The molecule has 0 atom stereocenters. The van der Waals surface area contributed by atoms with Crippen LogP contribution in [0.2, 0.25) is 0 Å². The first-order valence-electron chi connectivity index (χ1n) is 7.13. The van der Waals surface area contributed by atoms with Gasteiger partial charge in [0.15, 0.2) is 0 Å². The molecular formula is C16H16N2O4S. The van der Waals surface area contributed by atoms with Crippen LogP contribution < -0.4 is 15.2 Å². The Bertz CT molecular complexity index is 810. The number of nitrogens with one attached hydrogen (secondary N) is 1. The maximum absolute atomic E-state index is 11.7. The van der Waals surface area contributed by atoms with E-state index in [1.807, 2.05) is 0 Å². The van der Waals surface area contributed by atoms with Gasteiger partial charge in [-0.15, -0.1) is 0 Å². The molecule has 0 spiro atoms. The van der Waals surface area contributed by atoms with Crippen molar-refractivity contribution >= 4 is 21.6 Å². The molecule has 2 aromatic rings. The van der Waals surface area contributed by atoms with Crippen molar-refractivity contribution < 1.29 is 17.9 Å². The monoisotopic (exact) mass is 332 g/mol. The lowest BCUT2D eigenvalue weighted by Gasteiger charge is -2.08. The van der Waals surface area contributed by atoms with Crippen molar-refractivity contribution in [3.8, 4) is 11.5 Å². The van der Waals surface area contributed by atoms with Gasteiger partial charge >= 0.3 is 0 Å². The van der Waals surface area contributed by atoms with Gasteiger partial charge in [-0.1, -0.05) is 0 Å². The second-order valence-corrected chi connectivity index (χ2v) is 6.97. The highest BCUT2D eigenvalue weighted by molar-refractivity contribution is 7.89. The third-order valence-electron chi connectivity index (χ3n) is 3.46. The number of ether oxygens (including phenoxy) is 1. The predicted octanol–water partition coefficient (Wildman–Crippen LogP) is 2.47. The first-order chi connectivity index (χ1) is 10.9. The van der Waals surface area contributed by atoms with Gasteiger partial charge in [0.1, 0.15) is 11.5 Å². The summed E-state index contributed by atoms with van der Waals surface area (Å²) in [7, 11) is -3.71. The number of carbonyl (C=O) groups is 1. The van der Waals surface area contributed by atoms with Crippen LogP contribution in [0.4, 0.5) is 5.69 Å². The number of hydrogen-bond donors (Lipinski definition) is 2. The van der Waals surface area contributed by atoms with E-state index in [2.05, 4.69) is 5.32 Å². The Morgan fingerprint density at radius 1 is 1.00 bits per heavy atom. The molecule has 1 saturated carbocycles. The lowest BCUT2D eigenvalue weighted by Crippen LogP contribution is -2.12. The Morgan fingerprint density at radius 2 is 1.52 bits per heavy atom. The number of nitrogens with two attached hydrogens (primary N) is 1. The summed E-state index contributed by atoms with van der Waals surface area (Å²) in [4.78, 5) is 11.7. The molecular weight excluding hydrogens is 316 g/mol. The van der Waals surface area contributed by atoms with Crippen LogP contribution in [0.25, 0.3) is 0 Å². The Labute approximate surface area is 134 Å². The third-order valence-corrected chi connectivity index (χ3v) is 4.39. The van der Waals surface area contributed by atoms with Gasteiger partial charge < -0.3 is 10.1 Å². The minimum Gasteiger partial charge on any atom is -0.457 e.